The monoisotopic (exact) mass is 292 g/mol. The summed E-state index contributed by atoms with van der Waals surface area (Å²) in [4.78, 5) is 34.7. The first kappa shape index (κ1) is 15.2. The normalized spacial score (nSPS) is 18.7. The molecule has 0 saturated carbocycles. The summed E-state index contributed by atoms with van der Waals surface area (Å²) in [5.41, 5.74) is -0.617. The zero-order valence-electron chi connectivity index (χ0n) is 11.8. The number of carbonyl (C=O) groups excluding carboxylic acids is 3. The Morgan fingerprint density at radius 2 is 1.67 bits per heavy atom. The van der Waals surface area contributed by atoms with Gasteiger partial charge >= 0.3 is 11.9 Å². The molecule has 0 spiro atoms. The molecule has 1 aromatic rings. The molecular formula is C15H16O6. The van der Waals surface area contributed by atoms with Gasteiger partial charge in [0, 0.05) is 5.56 Å². The zero-order valence-corrected chi connectivity index (χ0v) is 11.8. The van der Waals surface area contributed by atoms with Gasteiger partial charge in [0.25, 0.3) is 5.60 Å². The van der Waals surface area contributed by atoms with E-state index in [-0.39, 0.29) is 13.2 Å². The van der Waals surface area contributed by atoms with Crippen LogP contribution >= 0.6 is 0 Å². The quantitative estimate of drug-likeness (QED) is 0.341. The second kappa shape index (κ2) is 6.05. The maximum atomic E-state index is 12.0. The van der Waals surface area contributed by atoms with Gasteiger partial charge in [-0.2, -0.15) is 0 Å². The van der Waals surface area contributed by atoms with Crippen molar-refractivity contribution < 1.29 is 28.6 Å². The van der Waals surface area contributed by atoms with Gasteiger partial charge in [-0.15, -0.1) is 0 Å². The molecule has 6 heteroatoms. The van der Waals surface area contributed by atoms with E-state index in [0.717, 1.165) is 0 Å². The first-order valence-electron chi connectivity index (χ1n) is 6.67. The molecule has 0 N–H and O–H groups in total. The van der Waals surface area contributed by atoms with E-state index < -0.39 is 23.6 Å². The highest BCUT2D eigenvalue weighted by Gasteiger charge is 2.71. The van der Waals surface area contributed by atoms with Crippen molar-refractivity contribution in [3.63, 3.8) is 0 Å². The summed E-state index contributed by atoms with van der Waals surface area (Å²) in [7, 11) is 0. The average molecular weight is 292 g/mol. The fraction of sp³-hybridized carbons (Fsp3) is 0.400. The molecule has 6 nitrogen and oxygen atoms in total. The number of epoxide rings is 1. The SMILES string of the molecule is CCOC(=O)C1(C(=O)OCC)OC1c1ccc(C=O)cc1. The predicted molar refractivity (Wildman–Crippen MR) is 71.7 cm³/mol. The van der Waals surface area contributed by atoms with E-state index >= 15 is 0 Å². The molecule has 1 aliphatic heterocycles. The first-order valence-corrected chi connectivity index (χ1v) is 6.67. The van der Waals surface area contributed by atoms with Crippen molar-refractivity contribution in [1.82, 2.24) is 0 Å². The number of hydrogen-bond donors (Lipinski definition) is 0. The van der Waals surface area contributed by atoms with Crippen molar-refractivity contribution >= 4 is 18.2 Å². The van der Waals surface area contributed by atoms with Crippen molar-refractivity contribution in [2.24, 2.45) is 0 Å². The molecule has 2 rings (SSSR count). The summed E-state index contributed by atoms with van der Waals surface area (Å²) in [5, 5.41) is 0. The molecule has 1 atom stereocenters. The van der Waals surface area contributed by atoms with Crippen LogP contribution in [0.25, 0.3) is 0 Å². The van der Waals surface area contributed by atoms with Gasteiger partial charge in [0.1, 0.15) is 12.4 Å². The molecule has 0 aromatic heterocycles. The van der Waals surface area contributed by atoms with Gasteiger partial charge in [0.05, 0.1) is 13.2 Å². The number of esters is 2. The molecule has 1 aromatic carbocycles. The van der Waals surface area contributed by atoms with Crippen LogP contribution < -0.4 is 0 Å². The summed E-state index contributed by atoms with van der Waals surface area (Å²) < 4.78 is 15.2. The number of aldehydes is 1. The summed E-state index contributed by atoms with van der Waals surface area (Å²) >= 11 is 0. The van der Waals surface area contributed by atoms with Crippen molar-refractivity contribution in [1.29, 1.82) is 0 Å². The molecule has 0 aliphatic carbocycles. The standard InChI is InChI=1S/C15H16O6/c1-3-19-13(17)15(14(18)20-4-2)12(21-15)11-7-5-10(9-16)6-8-11/h5-9,12H,3-4H2,1-2H3. The van der Waals surface area contributed by atoms with Crippen molar-refractivity contribution in [2.75, 3.05) is 13.2 Å². The minimum absolute atomic E-state index is 0.139. The summed E-state index contributed by atoms with van der Waals surface area (Å²) in [6.45, 7) is 3.57. The molecule has 1 saturated heterocycles. The largest absolute Gasteiger partial charge is 0.463 e. The maximum absolute atomic E-state index is 12.0. The molecule has 21 heavy (non-hydrogen) atoms. The Labute approximate surface area is 122 Å². The van der Waals surface area contributed by atoms with Crippen LogP contribution in [0.15, 0.2) is 24.3 Å². The molecule has 1 aliphatic rings. The predicted octanol–water partition coefficient (Wildman–Crippen LogP) is 1.44. The Kier molecular flexibility index (Phi) is 4.37. The van der Waals surface area contributed by atoms with Gasteiger partial charge < -0.3 is 14.2 Å². The lowest BCUT2D eigenvalue weighted by atomic mass is 9.98. The molecule has 112 valence electrons. The van der Waals surface area contributed by atoms with Crippen LogP contribution in [0, 0.1) is 0 Å². The smallest absolute Gasteiger partial charge is 0.353 e. The number of hydrogen-bond acceptors (Lipinski definition) is 6. The van der Waals surface area contributed by atoms with Crippen molar-refractivity contribution in [2.45, 2.75) is 25.6 Å². The molecule has 0 bridgehead atoms. The second-order valence-corrected chi connectivity index (χ2v) is 4.46. The topological polar surface area (TPSA) is 82.2 Å². The second-order valence-electron chi connectivity index (χ2n) is 4.46. The van der Waals surface area contributed by atoms with Crippen LogP contribution in [0.5, 0.6) is 0 Å². The van der Waals surface area contributed by atoms with Gasteiger partial charge in [-0.3, -0.25) is 4.79 Å². The lowest BCUT2D eigenvalue weighted by Gasteiger charge is -2.10. The Morgan fingerprint density at radius 3 is 2.10 bits per heavy atom. The number of ether oxygens (including phenoxy) is 3. The number of benzene rings is 1. The van der Waals surface area contributed by atoms with E-state index in [9.17, 15) is 14.4 Å². The summed E-state index contributed by atoms with van der Waals surface area (Å²) in [6.07, 6.45) is -0.0436. The van der Waals surface area contributed by atoms with Crippen LogP contribution in [0.4, 0.5) is 0 Å². The lowest BCUT2D eigenvalue weighted by Crippen LogP contribution is -2.38. The van der Waals surface area contributed by atoms with Crippen LogP contribution in [0.3, 0.4) is 0 Å². The van der Waals surface area contributed by atoms with E-state index in [2.05, 4.69) is 0 Å². The Morgan fingerprint density at radius 1 is 1.14 bits per heavy atom. The minimum atomic E-state index is -1.73. The minimum Gasteiger partial charge on any atom is -0.463 e. The molecule has 0 radical (unpaired) electrons. The van der Waals surface area contributed by atoms with Gasteiger partial charge in [-0.1, -0.05) is 24.3 Å². The average Bonchev–Trinajstić information content (AvgIpc) is 3.25. The fourth-order valence-corrected chi connectivity index (χ4v) is 2.07. The first-order chi connectivity index (χ1) is 10.1. The molecule has 1 heterocycles. The number of carbonyl (C=O) groups is 3. The summed E-state index contributed by atoms with van der Waals surface area (Å²) in [5.74, 6) is -1.51. The Balaban J connectivity index is 2.26. The zero-order chi connectivity index (χ0) is 15.5. The highest BCUT2D eigenvalue weighted by molar-refractivity contribution is 6.07. The van der Waals surface area contributed by atoms with Gasteiger partial charge in [0.15, 0.2) is 0 Å². The summed E-state index contributed by atoms with van der Waals surface area (Å²) in [6, 6.07) is 6.44. The lowest BCUT2D eigenvalue weighted by molar-refractivity contribution is -0.163. The van der Waals surface area contributed by atoms with Crippen LogP contribution in [0.1, 0.15) is 35.9 Å². The van der Waals surface area contributed by atoms with Crippen molar-refractivity contribution in [3.05, 3.63) is 35.4 Å². The molecule has 1 fully saturated rings. The van der Waals surface area contributed by atoms with E-state index in [0.29, 0.717) is 17.4 Å². The highest BCUT2D eigenvalue weighted by Crippen LogP contribution is 2.51. The maximum Gasteiger partial charge on any atom is 0.353 e. The van der Waals surface area contributed by atoms with Gasteiger partial charge in [-0.05, 0) is 19.4 Å². The third-order valence-corrected chi connectivity index (χ3v) is 3.15. The van der Waals surface area contributed by atoms with E-state index in [4.69, 9.17) is 14.2 Å². The van der Waals surface area contributed by atoms with E-state index in [1.165, 1.54) is 0 Å². The molecule has 0 amide bonds. The van der Waals surface area contributed by atoms with E-state index in [1.807, 2.05) is 0 Å². The third-order valence-electron chi connectivity index (χ3n) is 3.15. The molecular weight excluding hydrogens is 276 g/mol. The van der Waals surface area contributed by atoms with Crippen LogP contribution in [-0.4, -0.2) is 37.0 Å². The third kappa shape index (κ3) is 2.67. The number of rotatable bonds is 6. The van der Waals surface area contributed by atoms with Gasteiger partial charge in [0.2, 0.25) is 0 Å². The highest BCUT2D eigenvalue weighted by atomic mass is 16.7. The fourth-order valence-electron chi connectivity index (χ4n) is 2.07. The Hall–Kier alpha value is -2.21. The van der Waals surface area contributed by atoms with Crippen molar-refractivity contribution in [3.8, 4) is 0 Å². The van der Waals surface area contributed by atoms with Crippen LogP contribution in [-0.2, 0) is 23.8 Å². The Bertz CT molecular complexity index is 530. The van der Waals surface area contributed by atoms with Crippen LogP contribution in [0.2, 0.25) is 0 Å². The molecule has 1 unspecified atom stereocenters. The van der Waals surface area contributed by atoms with E-state index in [1.54, 1.807) is 38.1 Å². The van der Waals surface area contributed by atoms with Gasteiger partial charge in [-0.25, -0.2) is 9.59 Å².